The molecule has 0 aliphatic heterocycles. The van der Waals surface area contributed by atoms with Gasteiger partial charge in [-0.1, -0.05) is 30.4 Å². The van der Waals surface area contributed by atoms with E-state index in [0.717, 1.165) is 5.56 Å². The molecule has 0 unspecified atom stereocenters. The van der Waals surface area contributed by atoms with Crippen molar-refractivity contribution in [2.75, 3.05) is 13.1 Å². The Bertz CT molecular complexity index is 552. The van der Waals surface area contributed by atoms with Gasteiger partial charge >= 0.3 is 0 Å². The Hall–Kier alpha value is -1.61. The molecule has 0 aromatic heterocycles. The van der Waals surface area contributed by atoms with Crippen LogP contribution in [0.1, 0.15) is 5.56 Å². The molecule has 4 heteroatoms. The largest absolute Gasteiger partial charge is 0.243 e. The van der Waals surface area contributed by atoms with Gasteiger partial charge in [-0.2, -0.15) is 4.31 Å². The lowest BCUT2D eigenvalue weighted by molar-refractivity contribution is 0.474. The quantitative estimate of drug-likeness (QED) is 0.584. The molecule has 0 aliphatic rings. The van der Waals surface area contributed by atoms with E-state index in [4.69, 9.17) is 0 Å². The molecule has 0 aliphatic carbocycles. The van der Waals surface area contributed by atoms with E-state index >= 15 is 0 Å². The third-order valence-electron chi connectivity index (χ3n) is 2.43. The minimum Gasteiger partial charge on any atom is -0.207 e. The van der Waals surface area contributed by atoms with Crippen LogP contribution in [0.3, 0.4) is 0 Å². The summed E-state index contributed by atoms with van der Waals surface area (Å²) in [5, 5.41) is 0. The average Bonchev–Trinajstić information content (AvgIpc) is 2.35. The molecule has 0 saturated heterocycles. The van der Waals surface area contributed by atoms with E-state index in [1.807, 2.05) is 6.92 Å². The molecule has 0 bridgehead atoms. The lowest BCUT2D eigenvalue weighted by Crippen LogP contribution is -2.31. The molecule has 1 aromatic rings. The topological polar surface area (TPSA) is 37.4 Å². The second kappa shape index (κ2) is 6.36. The van der Waals surface area contributed by atoms with Crippen LogP contribution in [0.4, 0.5) is 0 Å². The second-order valence-corrected chi connectivity index (χ2v) is 5.77. The number of sulfonamides is 1. The average molecular weight is 263 g/mol. The molecule has 0 amide bonds. The summed E-state index contributed by atoms with van der Waals surface area (Å²) < 4.78 is 26.0. The first-order valence-corrected chi connectivity index (χ1v) is 6.98. The van der Waals surface area contributed by atoms with Gasteiger partial charge in [0.05, 0.1) is 4.90 Å². The van der Waals surface area contributed by atoms with Gasteiger partial charge in [-0.3, -0.25) is 0 Å². The number of hydrogen-bond acceptors (Lipinski definition) is 2. The van der Waals surface area contributed by atoms with E-state index in [1.54, 1.807) is 36.4 Å². The van der Waals surface area contributed by atoms with E-state index in [1.165, 1.54) is 4.31 Å². The maximum Gasteiger partial charge on any atom is 0.243 e. The Morgan fingerprint density at radius 3 is 2.39 bits per heavy atom. The Balaban J connectivity index is 3.11. The van der Waals surface area contributed by atoms with Crippen molar-refractivity contribution in [1.82, 2.24) is 4.31 Å². The van der Waals surface area contributed by atoms with Gasteiger partial charge in [0.25, 0.3) is 0 Å². The van der Waals surface area contributed by atoms with Crippen molar-refractivity contribution in [3.8, 4) is 0 Å². The minimum atomic E-state index is -3.49. The van der Waals surface area contributed by atoms with Crippen LogP contribution < -0.4 is 0 Å². The summed E-state index contributed by atoms with van der Waals surface area (Å²) in [4.78, 5) is 0.285. The van der Waals surface area contributed by atoms with Gasteiger partial charge in [0.2, 0.25) is 10.0 Å². The van der Waals surface area contributed by atoms with Gasteiger partial charge in [-0.05, 0) is 25.1 Å². The van der Waals surface area contributed by atoms with Crippen molar-refractivity contribution < 1.29 is 8.42 Å². The highest BCUT2D eigenvalue weighted by atomic mass is 32.2. The minimum absolute atomic E-state index is 0.242. The van der Waals surface area contributed by atoms with Crippen molar-refractivity contribution >= 4 is 10.0 Å². The highest BCUT2D eigenvalue weighted by molar-refractivity contribution is 7.89. The standard InChI is InChI=1S/C14H17NO2S/c1-4-6-12-15(11-5-2)18(16,17)14-9-7-13(3)8-10-14/h5-10H,1-2,11-12H2,3H3. The maximum atomic E-state index is 12.3. The van der Waals surface area contributed by atoms with Gasteiger partial charge in [0, 0.05) is 13.1 Å². The molecule has 0 fully saturated rings. The first kappa shape index (κ1) is 14.5. The normalized spacial score (nSPS) is 11.0. The molecule has 0 N–H and O–H groups in total. The number of benzene rings is 1. The van der Waals surface area contributed by atoms with E-state index in [0.29, 0.717) is 0 Å². The lowest BCUT2D eigenvalue weighted by Gasteiger charge is -2.18. The molecule has 0 heterocycles. The first-order valence-electron chi connectivity index (χ1n) is 5.54. The van der Waals surface area contributed by atoms with Crippen LogP contribution in [0.2, 0.25) is 0 Å². The summed E-state index contributed by atoms with van der Waals surface area (Å²) >= 11 is 0. The molecular weight excluding hydrogens is 246 g/mol. The van der Waals surface area contributed by atoms with Gasteiger partial charge in [0.15, 0.2) is 0 Å². The monoisotopic (exact) mass is 263 g/mol. The second-order valence-electron chi connectivity index (χ2n) is 3.83. The molecule has 0 spiro atoms. The molecule has 0 saturated carbocycles. The maximum absolute atomic E-state index is 12.3. The van der Waals surface area contributed by atoms with Crippen molar-refractivity contribution in [2.24, 2.45) is 0 Å². The summed E-state index contributed by atoms with van der Waals surface area (Å²) in [5.74, 6) is 0. The molecule has 3 nitrogen and oxygen atoms in total. The predicted octanol–water partition coefficient (Wildman–Crippen LogP) is 2.51. The van der Waals surface area contributed by atoms with Crippen molar-refractivity contribution in [3.63, 3.8) is 0 Å². The van der Waals surface area contributed by atoms with E-state index < -0.39 is 10.0 Å². The van der Waals surface area contributed by atoms with E-state index in [9.17, 15) is 8.42 Å². The highest BCUT2D eigenvalue weighted by Gasteiger charge is 2.21. The Kier molecular flexibility index (Phi) is 5.10. The van der Waals surface area contributed by atoms with E-state index in [-0.39, 0.29) is 18.0 Å². The summed E-state index contributed by atoms with van der Waals surface area (Å²) in [7, 11) is -3.49. The Morgan fingerprint density at radius 1 is 1.28 bits per heavy atom. The third-order valence-corrected chi connectivity index (χ3v) is 4.28. The van der Waals surface area contributed by atoms with E-state index in [2.05, 4.69) is 18.9 Å². The van der Waals surface area contributed by atoms with Crippen molar-refractivity contribution in [2.45, 2.75) is 11.8 Å². The number of rotatable bonds is 6. The van der Waals surface area contributed by atoms with Crippen LogP contribution in [0, 0.1) is 6.92 Å². The molecule has 96 valence electrons. The van der Waals surface area contributed by atoms with Crippen LogP contribution >= 0.6 is 0 Å². The molecule has 0 atom stereocenters. The highest BCUT2D eigenvalue weighted by Crippen LogP contribution is 2.16. The summed E-state index contributed by atoms with van der Waals surface area (Å²) in [6.07, 6.45) is 3.14. The fourth-order valence-corrected chi connectivity index (χ4v) is 2.79. The van der Waals surface area contributed by atoms with Crippen molar-refractivity contribution in [3.05, 3.63) is 60.9 Å². The molecule has 0 radical (unpaired) electrons. The lowest BCUT2D eigenvalue weighted by atomic mass is 10.2. The number of nitrogens with zero attached hydrogens (tertiary/aromatic N) is 1. The summed E-state index contributed by atoms with van der Waals surface area (Å²) in [6, 6.07) is 6.78. The molecule has 18 heavy (non-hydrogen) atoms. The zero-order valence-electron chi connectivity index (χ0n) is 10.5. The molecule has 1 aromatic carbocycles. The van der Waals surface area contributed by atoms with Gasteiger partial charge in [0.1, 0.15) is 0 Å². The zero-order valence-corrected chi connectivity index (χ0v) is 11.3. The number of aryl methyl sites for hydroxylation is 1. The summed E-state index contributed by atoms with van der Waals surface area (Å²) in [6.45, 7) is 9.42. The molecular formula is C14H17NO2S. The number of hydrogen-bond donors (Lipinski definition) is 0. The Labute approximate surface area is 109 Å². The van der Waals surface area contributed by atoms with Crippen LogP contribution in [0.5, 0.6) is 0 Å². The predicted molar refractivity (Wildman–Crippen MR) is 73.8 cm³/mol. The first-order chi connectivity index (χ1) is 8.52. The van der Waals surface area contributed by atoms with Crippen LogP contribution in [-0.2, 0) is 10.0 Å². The van der Waals surface area contributed by atoms with Gasteiger partial charge < -0.3 is 0 Å². The summed E-state index contributed by atoms with van der Waals surface area (Å²) in [5.41, 5.74) is 3.60. The zero-order chi connectivity index (χ0) is 13.6. The fourth-order valence-electron chi connectivity index (χ4n) is 1.44. The van der Waals surface area contributed by atoms with Gasteiger partial charge in [-0.15, -0.1) is 12.3 Å². The third kappa shape index (κ3) is 3.44. The van der Waals surface area contributed by atoms with Gasteiger partial charge in [-0.25, -0.2) is 8.42 Å². The SMILES string of the molecule is C=C=CCN(CC=C)S(=O)(=O)c1ccc(C)cc1. The van der Waals surface area contributed by atoms with Crippen LogP contribution in [0.25, 0.3) is 0 Å². The molecule has 1 rings (SSSR count). The fraction of sp³-hybridized carbons (Fsp3) is 0.214. The Morgan fingerprint density at radius 2 is 1.89 bits per heavy atom. The smallest absolute Gasteiger partial charge is 0.207 e. The van der Waals surface area contributed by atoms with Crippen LogP contribution in [-0.4, -0.2) is 25.8 Å². The van der Waals surface area contributed by atoms with Crippen molar-refractivity contribution in [1.29, 1.82) is 0 Å². The van der Waals surface area contributed by atoms with Crippen LogP contribution in [0.15, 0.2) is 60.2 Å².